The van der Waals surface area contributed by atoms with E-state index in [1.807, 2.05) is 13.8 Å². The third kappa shape index (κ3) is 3.37. The number of sulfonamides is 1. The second-order valence-corrected chi connectivity index (χ2v) is 8.90. The van der Waals surface area contributed by atoms with E-state index in [0.29, 0.717) is 17.3 Å². The van der Waals surface area contributed by atoms with Crippen LogP contribution in [-0.2, 0) is 20.2 Å². The van der Waals surface area contributed by atoms with E-state index in [0.717, 1.165) is 11.3 Å². The molecule has 2 aromatic rings. The quantitative estimate of drug-likeness (QED) is 0.883. The van der Waals surface area contributed by atoms with Crippen LogP contribution in [0.2, 0.25) is 5.02 Å². The minimum absolute atomic E-state index is 0.0540. The van der Waals surface area contributed by atoms with Gasteiger partial charge in [0.2, 0.25) is 5.91 Å². The summed E-state index contributed by atoms with van der Waals surface area (Å²) in [7, 11) is -3.73. The van der Waals surface area contributed by atoms with Crippen LogP contribution < -0.4 is 9.62 Å². The van der Waals surface area contributed by atoms with Crippen molar-refractivity contribution < 1.29 is 13.2 Å². The average molecular weight is 379 g/mol. The maximum atomic E-state index is 12.7. The van der Waals surface area contributed by atoms with E-state index in [2.05, 4.69) is 4.72 Å². The Morgan fingerprint density at radius 1 is 1.16 bits per heavy atom. The zero-order valence-electron chi connectivity index (χ0n) is 14.2. The van der Waals surface area contributed by atoms with E-state index in [-0.39, 0.29) is 16.2 Å². The number of nitrogens with one attached hydrogen (secondary N) is 1. The molecule has 0 saturated heterocycles. The fourth-order valence-electron chi connectivity index (χ4n) is 3.04. The number of benzene rings is 2. The van der Waals surface area contributed by atoms with Gasteiger partial charge >= 0.3 is 0 Å². The molecular formula is C18H19ClN2O3S. The van der Waals surface area contributed by atoms with Crippen LogP contribution in [0.3, 0.4) is 0 Å². The van der Waals surface area contributed by atoms with Gasteiger partial charge in [-0.3, -0.25) is 9.52 Å². The Morgan fingerprint density at radius 2 is 1.80 bits per heavy atom. The van der Waals surface area contributed by atoms with Crippen molar-refractivity contribution in [1.82, 2.24) is 0 Å². The molecule has 0 aromatic heterocycles. The summed E-state index contributed by atoms with van der Waals surface area (Å²) >= 11 is 5.83. The molecule has 132 valence electrons. The number of nitrogens with zero attached hydrogens (tertiary/aromatic N) is 1. The SMILES string of the molecule is CC(=O)N1CC(C)(C)c2cc(S(=O)(=O)Nc3ccc(Cl)cc3)ccc21. The van der Waals surface area contributed by atoms with Gasteiger partial charge in [-0.1, -0.05) is 25.4 Å². The monoisotopic (exact) mass is 378 g/mol. The van der Waals surface area contributed by atoms with Crippen molar-refractivity contribution in [3.63, 3.8) is 0 Å². The highest BCUT2D eigenvalue weighted by Crippen LogP contribution is 2.41. The summed E-state index contributed by atoms with van der Waals surface area (Å²) in [5.41, 5.74) is 1.74. The Hall–Kier alpha value is -2.05. The lowest BCUT2D eigenvalue weighted by Crippen LogP contribution is -2.31. The number of carbonyl (C=O) groups excluding carboxylic acids is 1. The molecule has 3 rings (SSSR count). The summed E-state index contributed by atoms with van der Waals surface area (Å²) in [5, 5.41) is 0.534. The number of rotatable bonds is 3. The highest BCUT2D eigenvalue weighted by atomic mass is 35.5. The summed E-state index contributed by atoms with van der Waals surface area (Å²) in [6.07, 6.45) is 0. The summed E-state index contributed by atoms with van der Waals surface area (Å²) in [6.45, 7) is 6.04. The zero-order valence-corrected chi connectivity index (χ0v) is 15.8. The molecule has 0 saturated carbocycles. The number of anilines is 2. The van der Waals surface area contributed by atoms with Gasteiger partial charge in [0.25, 0.3) is 10.0 Å². The van der Waals surface area contributed by atoms with Gasteiger partial charge < -0.3 is 4.90 Å². The molecule has 0 radical (unpaired) electrons. The summed E-state index contributed by atoms with van der Waals surface area (Å²) < 4.78 is 27.9. The van der Waals surface area contributed by atoms with Gasteiger partial charge in [0.1, 0.15) is 0 Å². The van der Waals surface area contributed by atoms with E-state index in [4.69, 9.17) is 11.6 Å². The second kappa shape index (κ2) is 6.04. The van der Waals surface area contributed by atoms with Gasteiger partial charge in [-0.25, -0.2) is 8.42 Å². The van der Waals surface area contributed by atoms with Gasteiger partial charge in [0.15, 0.2) is 0 Å². The van der Waals surface area contributed by atoms with Crippen LogP contribution in [0.25, 0.3) is 0 Å². The van der Waals surface area contributed by atoms with Crippen molar-refractivity contribution >= 4 is 38.9 Å². The van der Waals surface area contributed by atoms with E-state index in [9.17, 15) is 13.2 Å². The van der Waals surface area contributed by atoms with E-state index in [1.54, 1.807) is 41.3 Å². The van der Waals surface area contributed by atoms with Gasteiger partial charge in [-0.05, 0) is 48.0 Å². The maximum Gasteiger partial charge on any atom is 0.261 e. The normalized spacial score (nSPS) is 15.8. The Bertz CT molecular complexity index is 937. The molecular weight excluding hydrogens is 360 g/mol. The molecule has 1 aliphatic rings. The first-order valence-corrected chi connectivity index (χ1v) is 9.67. The standard InChI is InChI=1S/C18H19ClN2O3S/c1-12(22)21-11-18(2,3)16-10-15(8-9-17(16)21)25(23,24)20-14-6-4-13(19)5-7-14/h4-10,20H,11H2,1-3H3. The van der Waals surface area contributed by atoms with Gasteiger partial charge in [0, 0.05) is 35.3 Å². The Balaban J connectivity index is 1.99. The van der Waals surface area contributed by atoms with Crippen molar-refractivity contribution in [2.45, 2.75) is 31.1 Å². The van der Waals surface area contributed by atoms with Crippen LogP contribution in [0.1, 0.15) is 26.3 Å². The van der Waals surface area contributed by atoms with E-state index < -0.39 is 10.0 Å². The molecule has 0 aliphatic carbocycles. The summed E-state index contributed by atoms with van der Waals surface area (Å²) in [4.78, 5) is 13.7. The number of hydrogen-bond acceptors (Lipinski definition) is 3. The average Bonchev–Trinajstić information content (AvgIpc) is 2.81. The first-order valence-electron chi connectivity index (χ1n) is 7.81. The number of amides is 1. The highest BCUT2D eigenvalue weighted by Gasteiger charge is 2.37. The van der Waals surface area contributed by atoms with E-state index >= 15 is 0 Å². The fraction of sp³-hybridized carbons (Fsp3) is 0.278. The van der Waals surface area contributed by atoms with Crippen molar-refractivity contribution in [2.75, 3.05) is 16.2 Å². The molecule has 1 amide bonds. The predicted octanol–water partition coefficient (Wildman–Crippen LogP) is 3.78. The van der Waals surface area contributed by atoms with Crippen LogP contribution in [0.5, 0.6) is 0 Å². The lowest BCUT2D eigenvalue weighted by atomic mass is 9.87. The summed E-state index contributed by atoms with van der Waals surface area (Å²) in [6, 6.07) is 11.3. The molecule has 1 heterocycles. The number of fused-ring (bicyclic) bond motifs is 1. The summed E-state index contributed by atoms with van der Waals surface area (Å²) in [5.74, 6) is -0.0540. The van der Waals surface area contributed by atoms with Crippen LogP contribution in [0.4, 0.5) is 11.4 Å². The first-order chi connectivity index (χ1) is 11.6. The van der Waals surface area contributed by atoms with Gasteiger partial charge in [-0.15, -0.1) is 0 Å². The molecule has 1 aliphatic heterocycles. The Morgan fingerprint density at radius 3 is 2.40 bits per heavy atom. The van der Waals surface area contributed by atoms with Crippen LogP contribution >= 0.6 is 11.6 Å². The molecule has 25 heavy (non-hydrogen) atoms. The minimum Gasteiger partial charge on any atom is -0.311 e. The predicted molar refractivity (Wildman–Crippen MR) is 99.8 cm³/mol. The third-order valence-electron chi connectivity index (χ3n) is 4.33. The molecule has 7 heteroatoms. The maximum absolute atomic E-state index is 12.7. The minimum atomic E-state index is -3.73. The smallest absolute Gasteiger partial charge is 0.261 e. The lowest BCUT2D eigenvalue weighted by Gasteiger charge is -2.19. The third-order valence-corrected chi connectivity index (χ3v) is 5.96. The topological polar surface area (TPSA) is 66.5 Å². The molecule has 0 unspecified atom stereocenters. The van der Waals surface area contributed by atoms with Crippen molar-refractivity contribution in [1.29, 1.82) is 0 Å². The molecule has 0 spiro atoms. The molecule has 0 bridgehead atoms. The fourth-order valence-corrected chi connectivity index (χ4v) is 4.25. The van der Waals surface area contributed by atoms with Gasteiger partial charge in [0.05, 0.1) is 4.90 Å². The number of halogens is 1. The molecule has 2 aromatic carbocycles. The van der Waals surface area contributed by atoms with Crippen molar-refractivity contribution in [3.8, 4) is 0 Å². The molecule has 1 N–H and O–H groups in total. The van der Waals surface area contributed by atoms with Crippen LogP contribution in [0.15, 0.2) is 47.4 Å². The zero-order chi connectivity index (χ0) is 18.4. The highest BCUT2D eigenvalue weighted by molar-refractivity contribution is 7.92. The lowest BCUT2D eigenvalue weighted by molar-refractivity contribution is -0.116. The van der Waals surface area contributed by atoms with Gasteiger partial charge in [-0.2, -0.15) is 0 Å². The molecule has 0 fully saturated rings. The van der Waals surface area contributed by atoms with Crippen molar-refractivity contribution in [3.05, 3.63) is 53.1 Å². The number of hydrogen-bond donors (Lipinski definition) is 1. The molecule has 0 atom stereocenters. The van der Waals surface area contributed by atoms with Crippen molar-refractivity contribution in [2.24, 2.45) is 0 Å². The largest absolute Gasteiger partial charge is 0.311 e. The van der Waals surface area contributed by atoms with E-state index in [1.165, 1.54) is 13.0 Å². The first kappa shape index (κ1) is 17.8. The second-order valence-electron chi connectivity index (χ2n) is 6.78. The molecule has 5 nitrogen and oxygen atoms in total. The van der Waals surface area contributed by atoms with Crippen LogP contribution in [0, 0.1) is 0 Å². The van der Waals surface area contributed by atoms with Crippen LogP contribution in [-0.4, -0.2) is 20.9 Å². The Kier molecular flexibility index (Phi) is 4.29. The Labute approximate surface area is 152 Å². The number of carbonyl (C=O) groups is 1.